The van der Waals surface area contributed by atoms with Gasteiger partial charge in [0, 0.05) is 5.56 Å². The molecule has 0 aromatic heterocycles. The summed E-state index contributed by atoms with van der Waals surface area (Å²) in [5.41, 5.74) is 1.12. The van der Waals surface area contributed by atoms with Crippen LogP contribution in [0.5, 0.6) is 11.5 Å². The standard InChI is InChI=1S/C15H12F2O2/c16-10-2-4-13(17)12(8-10)15-5-1-9-7-11(18)3-6-14(9)19-15/h2-4,6-8,15,18H,1,5H2. The van der Waals surface area contributed by atoms with Crippen molar-refractivity contribution in [2.75, 3.05) is 0 Å². The molecule has 4 heteroatoms. The highest BCUT2D eigenvalue weighted by Gasteiger charge is 2.24. The van der Waals surface area contributed by atoms with Crippen LogP contribution in [0.1, 0.15) is 23.7 Å². The Morgan fingerprint density at radius 1 is 1.11 bits per heavy atom. The van der Waals surface area contributed by atoms with E-state index in [9.17, 15) is 13.9 Å². The highest BCUT2D eigenvalue weighted by atomic mass is 19.1. The molecule has 1 aliphatic rings. The quantitative estimate of drug-likeness (QED) is 0.848. The van der Waals surface area contributed by atoms with E-state index in [1.165, 1.54) is 12.1 Å². The van der Waals surface area contributed by atoms with Crippen molar-refractivity contribution < 1.29 is 18.6 Å². The Morgan fingerprint density at radius 3 is 2.79 bits per heavy atom. The van der Waals surface area contributed by atoms with Crippen LogP contribution in [0.25, 0.3) is 0 Å². The average Bonchev–Trinajstić information content (AvgIpc) is 2.41. The Morgan fingerprint density at radius 2 is 1.95 bits per heavy atom. The molecule has 1 unspecified atom stereocenters. The Kier molecular flexibility index (Phi) is 2.85. The van der Waals surface area contributed by atoms with E-state index in [-0.39, 0.29) is 11.3 Å². The third kappa shape index (κ3) is 2.26. The molecule has 98 valence electrons. The summed E-state index contributed by atoms with van der Waals surface area (Å²) in [5.74, 6) is -0.152. The molecule has 1 N–H and O–H groups in total. The number of halogens is 2. The first-order chi connectivity index (χ1) is 9.13. The molecule has 0 bridgehead atoms. The second-order valence-corrected chi connectivity index (χ2v) is 4.60. The van der Waals surface area contributed by atoms with Crippen molar-refractivity contribution in [3.8, 4) is 11.5 Å². The summed E-state index contributed by atoms with van der Waals surface area (Å²) in [4.78, 5) is 0. The molecule has 0 aliphatic carbocycles. The number of hydrogen-bond donors (Lipinski definition) is 1. The molecule has 0 saturated heterocycles. The number of benzene rings is 2. The first kappa shape index (κ1) is 12.0. The van der Waals surface area contributed by atoms with Crippen LogP contribution in [0.2, 0.25) is 0 Å². The van der Waals surface area contributed by atoms with E-state index < -0.39 is 17.7 Å². The lowest BCUT2D eigenvalue weighted by Gasteiger charge is -2.26. The largest absolute Gasteiger partial charge is 0.508 e. The Labute approximate surface area is 109 Å². The SMILES string of the molecule is Oc1ccc2c(c1)CCC(c1cc(F)ccc1F)O2. The molecule has 1 atom stereocenters. The number of hydrogen-bond acceptors (Lipinski definition) is 2. The molecule has 2 aromatic rings. The van der Waals surface area contributed by atoms with Crippen molar-refractivity contribution in [3.05, 3.63) is 59.2 Å². The maximum atomic E-state index is 13.7. The van der Waals surface area contributed by atoms with Crippen LogP contribution in [0, 0.1) is 11.6 Å². The first-order valence-corrected chi connectivity index (χ1v) is 6.07. The van der Waals surface area contributed by atoms with Crippen LogP contribution >= 0.6 is 0 Å². The van der Waals surface area contributed by atoms with Gasteiger partial charge in [0.25, 0.3) is 0 Å². The molecule has 0 spiro atoms. The third-order valence-electron chi connectivity index (χ3n) is 3.29. The fourth-order valence-electron chi connectivity index (χ4n) is 2.36. The highest BCUT2D eigenvalue weighted by molar-refractivity contribution is 5.42. The van der Waals surface area contributed by atoms with Gasteiger partial charge < -0.3 is 9.84 Å². The number of rotatable bonds is 1. The number of aryl methyl sites for hydroxylation is 1. The summed E-state index contributed by atoms with van der Waals surface area (Å²) in [6, 6.07) is 8.17. The van der Waals surface area contributed by atoms with Crippen LogP contribution in [0.4, 0.5) is 8.78 Å². The van der Waals surface area contributed by atoms with Gasteiger partial charge in [0.15, 0.2) is 0 Å². The normalized spacial score (nSPS) is 17.7. The summed E-state index contributed by atoms with van der Waals surface area (Å²) in [6.07, 6.45) is 0.717. The van der Waals surface area contributed by atoms with Crippen LogP contribution in [-0.4, -0.2) is 5.11 Å². The van der Waals surface area contributed by atoms with Crippen LogP contribution in [0.3, 0.4) is 0 Å². The van der Waals surface area contributed by atoms with Crippen LogP contribution in [-0.2, 0) is 6.42 Å². The zero-order valence-electron chi connectivity index (χ0n) is 10.1. The molecule has 1 aliphatic heterocycles. The minimum atomic E-state index is -0.493. The zero-order valence-corrected chi connectivity index (χ0v) is 10.1. The topological polar surface area (TPSA) is 29.5 Å². The van der Waals surface area contributed by atoms with Crippen molar-refractivity contribution in [1.82, 2.24) is 0 Å². The molecule has 1 heterocycles. The van der Waals surface area contributed by atoms with Gasteiger partial charge in [0.2, 0.25) is 0 Å². The van der Waals surface area contributed by atoms with Crippen molar-refractivity contribution in [2.24, 2.45) is 0 Å². The van der Waals surface area contributed by atoms with Gasteiger partial charge in [-0.15, -0.1) is 0 Å². The molecule has 2 nitrogen and oxygen atoms in total. The molecular weight excluding hydrogens is 250 g/mol. The van der Waals surface area contributed by atoms with Crippen molar-refractivity contribution in [2.45, 2.75) is 18.9 Å². The summed E-state index contributed by atoms with van der Waals surface area (Å²) in [6.45, 7) is 0. The molecular formula is C15H12F2O2. The lowest BCUT2D eigenvalue weighted by molar-refractivity contribution is 0.171. The predicted octanol–water partition coefficient (Wildman–Crippen LogP) is 3.74. The van der Waals surface area contributed by atoms with Gasteiger partial charge in [-0.3, -0.25) is 0 Å². The van der Waals surface area contributed by atoms with Crippen molar-refractivity contribution in [1.29, 1.82) is 0 Å². The van der Waals surface area contributed by atoms with Crippen LogP contribution in [0.15, 0.2) is 36.4 Å². The van der Waals surface area contributed by atoms with E-state index in [0.717, 1.165) is 17.7 Å². The zero-order chi connectivity index (χ0) is 13.4. The predicted molar refractivity (Wildman–Crippen MR) is 66.2 cm³/mol. The summed E-state index contributed by atoms with van der Waals surface area (Å²) >= 11 is 0. The van der Waals surface area contributed by atoms with E-state index >= 15 is 0 Å². The minimum absolute atomic E-state index is 0.178. The second kappa shape index (κ2) is 4.53. The molecule has 19 heavy (non-hydrogen) atoms. The van der Waals surface area contributed by atoms with Gasteiger partial charge >= 0.3 is 0 Å². The lowest BCUT2D eigenvalue weighted by atomic mass is 9.97. The molecule has 3 rings (SSSR count). The van der Waals surface area contributed by atoms with Gasteiger partial charge in [-0.1, -0.05) is 0 Å². The van der Waals surface area contributed by atoms with Crippen molar-refractivity contribution in [3.63, 3.8) is 0 Å². The van der Waals surface area contributed by atoms with E-state index in [2.05, 4.69) is 0 Å². The Balaban J connectivity index is 1.93. The molecule has 0 fully saturated rings. The summed E-state index contributed by atoms with van der Waals surface area (Å²) < 4.78 is 32.6. The lowest BCUT2D eigenvalue weighted by Crippen LogP contribution is -2.16. The molecule has 2 aromatic carbocycles. The number of aromatic hydroxyl groups is 1. The smallest absolute Gasteiger partial charge is 0.130 e. The third-order valence-corrected chi connectivity index (χ3v) is 3.29. The summed E-state index contributed by atoms with van der Waals surface area (Å²) in [5, 5.41) is 9.39. The van der Waals surface area contributed by atoms with E-state index in [4.69, 9.17) is 4.74 Å². The number of ether oxygens (including phenoxy) is 1. The number of fused-ring (bicyclic) bond motifs is 1. The monoisotopic (exact) mass is 262 g/mol. The van der Waals surface area contributed by atoms with Crippen LogP contribution < -0.4 is 4.74 Å². The van der Waals surface area contributed by atoms with Crippen molar-refractivity contribution >= 4 is 0 Å². The fraction of sp³-hybridized carbons (Fsp3) is 0.200. The summed E-state index contributed by atoms with van der Waals surface area (Å²) in [7, 11) is 0. The van der Waals surface area contributed by atoms with Gasteiger partial charge in [-0.05, 0) is 54.8 Å². The fourth-order valence-corrected chi connectivity index (χ4v) is 2.36. The maximum absolute atomic E-state index is 13.7. The Hall–Kier alpha value is -2.10. The molecule has 0 amide bonds. The maximum Gasteiger partial charge on any atom is 0.130 e. The number of phenols is 1. The molecule has 0 radical (unpaired) electrons. The average molecular weight is 262 g/mol. The highest BCUT2D eigenvalue weighted by Crippen LogP contribution is 2.37. The van der Waals surface area contributed by atoms with Gasteiger partial charge in [0.05, 0.1) is 0 Å². The second-order valence-electron chi connectivity index (χ2n) is 4.60. The van der Waals surface area contributed by atoms with Gasteiger partial charge in [-0.25, -0.2) is 8.78 Å². The Bertz CT molecular complexity index is 626. The molecule has 0 saturated carbocycles. The van der Waals surface area contributed by atoms with E-state index in [0.29, 0.717) is 18.6 Å². The number of phenolic OH excluding ortho intramolecular Hbond substituents is 1. The van der Waals surface area contributed by atoms with E-state index in [1.807, 2.05) is 0 Å². The minimum Gasteiger partial charge on any atom is -0.508 e. The van der Waals surface area contributed by atoms with Gasteiger partial charge in [-0.2, -0.15) is 0 Å². The van der Waals surface area contributed by atoms with E-state index in [1.54, 1.807) is 12.1 Å². The first-order valence-electron chi connectivity index (χ1n) is 6.07. The van der Waals surface area contributed by atoms with Gasteiger partial charge in [0.1, 0.15) is 29.2 Å².